The number of amides is 1. The number of hydrogen-bond donors (Lipinski definition) is 1. The predicted molar refractivity (Wildman–Crippen MR) is 169 cm³/mol. The summed E-state index contributed by atoms with van der Waals surface area (Å²) < 4.78 is 33.5. The maximum Gasteiger partial charge on any atom is 0.341 e. The van der Waals surface area contributed by atoms with E-state index in [0.29, 0.717) is 30.1 Å². The van der Waals surface area contributed by atoms with Crippen LogP contribution in [-0.2, 0) is 40.8 Å². The molecule has 3 aromatic carbocycles. The van der Waals surface area contributed by atoms with E-state index in [1.165, 1.54) is 45.5 Å². The number of nitrogens with one attached hydrogen (secondary N) is 1. The third-order valence-electron chi connectivity index (χ3n) is 7.40. The van der Waals surface area contributed by atoms with E-state index in [2.05, 4.69) is 22.3 Å². The lowest BCUT2D eigenvalue weighted by Crippen LogP contribution is -2.30. The highest BCUT2D eigenvalue weighted by atomic mass is 32.2. The SMILES string of the molecule is CCOC(=O)c1c(NC(=O)c2ccc(S(=O)(=O)N(CC)Cc3ccccc3)cc2)sc2c1CCN(Cc1ccccc1)C2. The van der Waals surface area contributed by atoms with Gasteiger partial charge in [0.25, 0.3) is 5.91 Å². The fraction of sp³-hybridized carbons (Fsp3) is 0.273. The number of sulfonamides is 1. The number of ether oxygens (including phenoxy) is 1. The molecule has 1 N–H and O–H groups in total. The Morgan fingerprint density at radius 2 is 1.58 bits per heavy atom. The van der Waals surface area contributed by atoms with Gasteiger partial charge in [-0.3, -0.25) is 9.69 Å². The first-order valence-electron chi connectivity index (χ1n) is 14.3. The van der Waals surface area contributed by atoms with Crippen molar-refractivity contribution in [2.45, 2.75) is 44.8 Å². The lowest BCUT2D eigenvalue weighted by Gasteiger charge is -2.27. The maximum atomic E-state index is 13.3. The van der Waals surface area contributed by atoms with Crippen LogP contribution in [0.5, 0.6) is 0 Å². The number of hydrogen-bond acceptors (Lipinski definition) is 7. The van der Waals surface area contributed by atoms with Gasteiger partial charge in [-0.25, -0.2) is 13.2 Å². The van der Waals surface area contributed by atoms with Gasteiger partial charge in [-0.1, -0.05) is 67.6 Å². The Morgan fingerprint density at radius 1 is 0.930 bits per heavy atom. The van der Waals surface area contributed by atoms with Gasteiger partial charge in [-0.2, -0.15) is 4.31 Å². The van der Waals surface area contributed by atoms with E-state index < -0.39 is 21.9 Å². The highest BCUT2D eigenvalue weighted by Crippen LogP contribution is 2.38. The first kappa shape index (κ1) is 30.6. The van der Waals surface area contributed by atoms with Crippen LogP contribution in [0, 0.1) is 0 Å². The number of esters is 1. The van der Waals surface area contributed by atoms with Crippen LogP contribution >= 0.6 is 11.3 Å². The Morgan fingerprint density at radius 3 is 2.21 bits per heavy atom. The van der Waals surface area contributed by atoms with Crippen LogP contribution in [0.25, 0.3) is 0 Å². The molecule has 10 heteroatoms. The topological polar surface area (TPSA) is 96.0 Å². The Hall–Kier alpha value is -3.83. The molecule has 0 spiro atoms. The molecule has 1 aliphatic heterocycles. The Balaban J connectivity index is 1.33. The van der Waals surface area contributed by atoms with Crippen molar-refractivity contribution in [3.05, 3.63) is 118 Å². The number of rotatable bonds is 11. The van der Waals surface area contributed by atoms with Crippen molar-refractivity contribution >= 4 is 38.2 Å². The largest absolute Gasteiger partial charge is 0.462 e. The molecule has 224 valence electrons. The quantitative estimate of drug-likeness (QED) is 0.209. The van der Waals surface area contributed by atoms with Gasteiger partial charge in [-0.05, 0) is 54.3 Å². The minimum absolute atomic E-state index is 0.110. The zero-order valence-electron chi connectivity index (χ0n) is 24.3. The molecule has 0 saturated carbocycles. The van der Waals surface area contributed by atoms with Gasteiger partial charge in [0.05, 0.1) is 17.1 Å². The summed E-state index contributed by atoms with van der Waals surface area (Å²) >= 11 is 1.39. The number of thiophene rings is 1. The van der Waals surface area contributed by atoms with Crippen molar-refractivity contribution in [2.24, 2.45) is 0 Å². The second-order valence-corrected chi connectivity index (χ2v) is 13.3. The number of carbonyl (C=O) groups is 2. The first-order valence-corrected chi connectivity index (χ1v) is 16.6. The summed E-state index contributed by atoms with van der Waals surface area (Å²) in [5, 5.41) is 3.36. The highest BCUT2D eigenvalue weighted by molar-refractivity contribution is 7.89. The van der Waals surface area contributed by atoms with Crippen LogP contribution in [0.1, 0.15) is 56.1 Å². The molecule has 1 aliphatic rings. The third kappa shape index (κ3) is 7.05. The summed E-state index contributed by atoms with van der Waals surface area (Å²) in [5.41, 5.74) is 3.73. The number of anilines is 1. The van der Waals surface area contributed by atoms with E-state index in [0.717, 1.165) is 29.1 Å². The molecule has 0 bridgehead atoms. The lowest BCUT2D eigenvalue weighted by atomic mass is 10.0. The minimum atomic E-state index is -3.77. The molecular weight excluding hydrogens is 583 g/mol. The summed E-state index contributed by atoms with van der Waals surface area (Å²) in [7, 11) is -3.77. The molecule has 0 fully saturated rings. The molecule has 5 rings (SSSR count). The van der Waals surface area contributed by atoms with Gasteiger partial charge >= 0.3 is 5.97 Å². The smallest absolute Gasteiger partial charge is 0.341 e. The Bertz CT molecular complexity index is 1670. The van der Waals surface area contributed by atoms with Gasteiger partial charge in [0.2, 0.25) is 10.0 Å². The van der Waals surface area contributed by atoms with Crippen molar-refractivity contribution < 1.29 is 22.7 Å². The summed E-state index contributed by atoms with van der Waals surface area (Å²) in [6.45, 7) is 6.59. The van der Waals surface area contributed by atoms with Crippen molar-refractivity contribution in [2.75, 3.05) is 25.0 Å². The van der Waals surface area contributed by atoms with Gasteiger partial charge in [0.15, 0.2) is 0 Å². The molecule has 0 aliphatic carbocycles. The first-order chi connectivity index (χ1) is 20.8. The molecule has 4 aromatic rings. The fourth-order valence-electron chi connectivity index (χ4n) is 5.20. The number of carbonyl (C=O) groups excluding carboxylic acids is 2. The molecule has 1 aromatic heterocycles. The standard InChI is InChI=1S/C33H35N3O5S2/c1-3-36(22-25-13-9-6-10-14-25)43(39,40)27-17-15-26(16-18-27)31(37)34-32-30(33(38)41-4-2)28-19-20-35(23-29(28)42-32)21-24-11-7-5-8-12-24/h5-18H,3-4,19-23H2,1-2H3,(H,34,37). The van der Waals surface area contributed by atoms with E-state index in [-0.39, 0.29) is 23.6 Å². The van der Waals surface area contributed by atoms with E-state index in [9.17, 15) is 18.0 Å². The monoisotopic (exact) mass is 617 g/mol. The molecule has 0 saturated heterocycles. The van der Waals surface area contributed by atoms with Crippen LogP contribution in [0.15, 0.2) is 89.8 Å². The maximum absolute atomic E-state index is 13.3. The Labute approximate surface area is 257 Å². The van der Waals surface area contributed by atoms with Crippen molar-refractivity contribution in [3.8, 4) is 0 Å². The molecule has 0 radical (unpaired) electrons. The van der Waals surface area contributed by atoms with Crippen LogP contribution in [0.2, 0.25) is 0 Å². The van der Waals surface area contributed by atoms with Crippen molar-refractivity contribution in [1.29, 1.82) is 0 Å². The summed E-state index contributed by atoms with van der Waals surface area (Å²) in [6, 6.07) is 25.5. The van der Waals surface area contributed by atoms with Gasteiger partial charge in [-0.15, -0.1) is 11.3 Å². The number of fused-ring (bicyclic) bond motifs is 1. The fourth-order valence-corrected chi connectivity index (χ4v) is 7.91. The van der Waals surface area contributed by atoms with Crippen LogP contribution in [0.4, 0.5) is 5.00 Å². The average molecular weight is 618 g/mol. The molecule has 2 heterocycles. The second kappa shape index (κ2) is 13.6. The van der Waals surface area contributed by atoms with Crippen LogP contribution in [0.3, 0.4) is 0 Å². The molecule has 8 nitrogen and oxygen atoms in total. The Kier molecular flexibility index (Phi) is 9.72. The van der Waals surface area contributed by atoms with Gasteiger partial charge in [0.1, 0.15) is 5.00 Å². The van der Waals surface area contributed by atoms with E-state index in [1.807, 2.05) is 48.5 Å². The highest BCUT2D eigenvalue weighted by Gasteiger charge is 2.30. The normalized spacial score (nSPS) is 13.5. The summed E-state index contributed by atoms with van der Waals surface area (Å²) in [5.74, 6) is -0.878. The molecule has 0 unspecified atom stereocenters. The van der Waals surface area contributed by atoms with E-state index in [1.54, 1.807) is 13.8 Å². The zero-order valence-corrected chi connectivity index (χ0v) is 25.9. The van der Waals surface area contributed by atoms with Gasteiger partial charge < -0.3 is 10.1 Å². The van der Waals surface area contributed by atoms with E-state index >= 15 is 0 Å². The van der Waals surface area contributed by atoms with Gasteiger partial charge in [0, 0.05) is 43.2 Å². The second-order valence-electron chi connectivity index (χ2n) is 10.3. The van der Waals surface area contributed by atoms with Crippen LogP contribution < -0.4 is 5.32 Å². The van der Waals surface area contributed by atoms with Crippen molar-refractivity contribution in [3.63, 3.8) is 0 Å². The molecule has 1 amide bonds. The average Bonchev–Trinajstić information content (AvgIpc) is 3.38. The molecular formula is C33H35N3O5S2. The third-order valence-corrected chi connectivity index (χ3v) is 10.5. The zero-order chi connectivity index (χ0) is 30.4. The lowest BCUT2D eigenvalue weighted by molar-refractivity contribution is 0.0526. The predicted octanol–water partition coefficient (Wildman–Crippen LogP) is 5.95. The molecule has 43 heavy (non-hydrogen) atoms. The minimum Gasteiger partial charge on any atom is -0.462 e. The molecule has 0 atom stereocenters. The summed E-state index contributed by atoms with van der Waals surface area (Å²) in [6.07, 6.45) is 0.673. The number of benzene rings is 3. The number of nitrogens with zero attached hydrogens (tertiary/aromatic N) is 2. The van der Waals surface area contributed by atoms with Crippen LogP contribution in [-0.4, -0.2) is 49.2 Å². The van der Waals surface area contributed by atoms with Crippen molar-refractivity contribution in [1.82, 2.24) is 9.21 Å². The van der Waals surface area contributed by atoms with E-state index in [4.69, 9.17) is 4.74 Å². The summed E-state index contributed by atoms with van der Waals surface area (Å²) in [4.78, 5) is 29.8.